The molecule has 2 N–H and O–H groups in total. The summed E-state index contributed by atoms with van der Waals surface area (Å²) in [5.74, 6) is 0.0724. The number of benzene rings is 3. The van der Waals surface area contributed by atoms with Crippen LogP contribution in [-0.2, 0) is 23.0 Å². The molecule has 8 heteroatoms. The quantitative estimate of drug-likeness (QED) is 0.224. The number of hydrogen-bond donors (Lipinski definition) is 2. The van der Waals surface area contributed by atoms with Crippen LogP contribution in [0, 0.1) is 5.82 Å². The van der Waals surface area contributed by atoms with Gasteiger partial charge in [0, 0.05) is 42.4 Å². The number of carbonyl (C=O) groups is 1. The van der Waals surface area contributed by atoms with Gasteiger partial charge in [0.2, 0.25) is 0 Å². The molecule has 0 aliphatic heterocycles. The number of H-pyrrole nitrogens is 1. The maximum atomic E-state index is 13.9. The molecule has 37 heavy (non-hydrogen) atoms. The molecule has 5 rings (SSSR count). The van der Waals surface area contributed by atoms with Crippen LogP contribution in [0.15, 0.2) is 84.1 Å². The summed E-state index contributed by atoms with van der Waals surface area (Å²) in [5.41, 5.74) is 4.84. The van der Waals surface area contributed by atoms with Crippen molar-refractivity contribution < 1.29 is 19.0 Å². The second-order valence-electron chi connectivity index (χ2n) is 8.68. The highest BCUT2D eigenvalue weighted by Crippen LogP contribution is 2.32. The number of aromatic nitrogens is 3. The van der Waals surface area contributed by atoms with Gasteiger partial charge >= 0.3 is 5.97 Å². The van der Waals surface area contributed by atoms with E-state index in [0.717, 1.165) is 22.5 Å². The maximum absolute atomic E-state index is 13.9. The van der Waals surface area contributed by atoms with Gasteiger partial charge in [0.25, 0.3) is 0 Å². The van der Waals surface area contributed by atoms with E-state index in [2.05, 4.69) is 9.97 Å². The van der Waals surface area contributed by atoms with Crippen LogP contribution in [0.1, 0.15) is 23.1 Å². The van der Waals surface area contributed by atoms with Gasteiger partial charge in [-0.1, -0.05) is 24.3 Å². The van der Waals surface area contributed by atoms with Gasteiger partial charge in [-0.05, 0) is 54.4 Å². The first-order valence-electron chi connectivity index (χ1n) is 11.8. The normalized spacial score (nSPS) is 11.7. The van der Waals surface area contributed by atoms with E-state index in [1.54, 1.807) is 12.3 Å². The molecule has 0 saturated heterocycles. The van der Waals surface area contributed by atoms with Crippen LogP contribution in [0.3, 0.4) is 0 Å². The monoisotopic (exact) mass is 496 g/mol. The Morgan fingerprint density at radius 2 is 1.86 bits per heavy atom. The summed E-state index contributed by atoms with van der Waals surface area (Å²) in [7, 11) is 3.31. The molecule has 0 saturated carbocycles. The lowest BCUT2D eigenvalue weighted by Gasteiger charge is -2.10. The van der Waals surface area contributed by atoms with Crippen LogP contribution < -0.4 is 0 Å². The number of esters is 1. The second kappa shape index (κ2) is 10.1. The van der Waals surface area contributed by atoms with Crippen LogP contribution in [0.5, 0.6) is 5.88 Å². The Kier molecular flexibility index (Phi) is 6.55. The summed E-state index contributed by atoms with van der Waals surface area (Å²) >= 11 is 0. The molecular formula is C29H25FN4O3. The molecule has 0 radical (unpaired) electrons. The first-order valence-corrected chi connectivity index (χ1v) is 11.8. The molecule has 0 spiro atoms. The highest BCUT2D eigenvalue weighted by Gasteiger charge is 2.19. The Morgan fingerprint density at radius 1 is 1.11 bits per heavy atom. The number of nitrogens with zero attached hydrogens (tertiary/aromatic N) is 3. The number of aliphatic imine (C=N–C) groups is 1. The molecule has 0 amide bonds. The van der Waals surface area contributed by atoms with Gasteiger partial charge in [0.15, 0.2) is 5.88 Å². The molecule has 0 atom stereocenters. The highest BCUT2D eigenvalue weighted by molar-refractivity contribution is 6.21. The van der Waals surface area contributed by atoms with E-state index in [1.807, 2.05) is 66.3 Å². The summed E-state index contributed by atoms with van der Waals surface area (Å²) in [6, 6.07) is 19.6. The third-order valence-electron chi connectivity index (χ3n) is 6.24. The molecule has 0 bridgehead atoms. The van der Waals surface area contributed by atoms with Crippen LogP contribution in [-0.4, -0.2) is 38.4 Å². The summed E-state index contributed by atoms with van der Waals surface area (Å²) in [4.78, 5) is 23.7. The average molecular weight is 497 g/mol. The molecule has 0 aliphatic carbocycles. The van der Waals surface area contributed by atoms with Crippen molar-refractivity contribution in [2.24, 2.45) is 12.0 Å². The number of imidazole rings is 1. The topological polar surface area (TPSA) is 92.5 Å². The lowest BCUT2D eigenvalue weighted by atomic mass is 9.98. The number of hydrogen-bond acceptors (Lipinski definition) is 5. The molecular weight excluding hydrogens is 471 g/mol. The predicted octanol–water partition coefficient (Wildman–Crippen LogP) is 5.69. The number of ether oxygens (including phenoxy) is 1. The van der Waals surface area contributed by atoms with E-state index < -0.39 is 5.82 Å². The van der Waals surface area contributed by atoms with E-state index in [9.17, 15) is 14.3 Å². The smallest absolute Gasteiger partial charge is 0.305 e. The van der Waals surface area contributed by atoms with Crippen molar-refractivity contribution in [1.82, 2.24) is 14.5 Å². The number of aromatic hydroxyl groups is 1. The fourth-order valence-electron chi connectivity index (χ4n) is 4.30. The molecule has 0 unspecified atom stereocenters. The molecule has 186 valence electrons. The summed E-state index contributed by atoms with van der Waals surface area (Å²) in [5, 5.41) is 11.5. The number of rotatable bonds is 7. The molecule has 0 aliphatic rings. The molecule has 2 heterocycles. The zero-order chi connectivity index (χ0) is 25.9. The average Bonchev–Trinajstić information content (AvgIpc) is 3.48. The van der Waals surface area contributed by atoms with Gasteiger partial charge in [-0.3, -0.25) is 4.79 Å². The number of aromatic amines is 1. The Morgan fingerprint density at radius 3 is 2.54 bits per heavy atom. The van der Waals surface area contributed by atoms with Gasteiger partial charge < -0.3 is 19.4 Å². The van der Waals surface area contributed by atoms with Crippen LogP contribution in [0.4, 0.5) is 10.1 Å². The number of aryl methyl sites for hydroxylation is 2. The zero-order valence-electron chi connectivity index (χ0n) is 20.4. The van der Waals surface area contributed by atoms with Crippen molar-refractivity contribution in [3.8, 4) is 17.3 Å². The van der Waals surface area contributed by atoms with E-state index in [-0.39, 0.29) is 18.3 Å². The SMILES string of the molecule is COC(=O)CCc1ccc(C(=Nc2ccc(-c3nccn3C)cc2)c2c(O)[nH]c3cc(F)ccc23)cc1. The van der Waals surface area contributed by atoms with Crippen LogP contribution in [0.2, 0.25) is 0 Å². The molecule has 0 fully saturated rings. The Labute approximate surface area is 212 Å². The molecule has 5 aromatic rings. The van der Waals surface area contributed by atoms with Crippen molar-refractivity contribution in [1.29, 1.82) is 0 Å². The third kappa shape index (κ3) is 4.99. The van der Waals surface area contributed by atoms with Gasteiger partial charge in [0.05, 0.1) is 29.6 Å². The van der Waals surface area contributed by atoms with Crippen molar-refractivity contribution >= 4 is 28.3 Å². The number of methoxy groups -OCH3 is 1. The number of fused-ring (bicyclic) bond motifs is 1. The Hall–Kier alpha value is -4.72. The van der Waals surface area contributed by atoms with E-state index in [1.165, 1.54) is 19.2 Å². The summed E-state index contributed by atoms with van der Waals surface area (Å²) < 4.78 is 20.5. The van der Waals surface area contributed by atoms with Crippen LogP contribution >= 0.6 is 0 Å². The minimum atomic E-state index is -0.404. The summed E-state index contributed by atoms with van der Waals surface area (Å²) in [6.45, 7) is 0. The third-order valence-corrected chi connectivity index (χ3v) is 6.24. The van der Waals surface area contributed by atoms with Gasteiger partial charge in [0.1, 0.15) is 11.6 Å². The number of halogens is 1. The van der Waals surface area contributed by atoms with E-state index in [0.29, 0.717) is 34.3 Å². The van der Waals surface area contributed by atoms with Crippen LogP contribution in [0.25, 0.3) is 22.3 Å². The molecule has 7 nitrogen and oxygen atoms in total. The van der Waals surface area contributed by atoms with Gasteiger partial charge in [-0.15, -0.1) is 0 Å². The number of nitrogens with one attached hydrogen (secondary N) is 1. The maximum Gasteiger partial charge on any atom is 0.305 e. The molecule has 3 aromatic carbocycles. The predicted molar refractivity (Wildman–Crippen MR) is 141 cm³/mol. The fraction of sp³-hybridized carbons (Fsp3) is 0.138. The lowest BCUT2D eigenvalue weighted by Crippen LogP contribution is -2.04. The van der Waals surface area contributed by atoms with Crippen molar-refractivity contribution in [2.45, 2.75) is 12.8 Å². The minimum Gasteiger partial charge on any atom is -0.494 e. The van der Waals surface area contributed by atoms with E-state index >= 15 is 0 Å². The van der Waals surface area contributed by atoms with E-state index in [4.69, 9.17) is 9.73 Å². The molecule has 2 aromatic heterocycles. The second-order valence-corrected chi connectivity index (χ2v) is 8.68. The Bertz CT molecular complexity index is 1600. The largest absolute Gasteiger partial charge is 0.494 e. The standard InChI is InChI=1S/C29H25FN4O3/c1-34-16-15-31-28(34)20-8-11-22(12-9-20)32-27(19-6-3-18(4-7-19)5-14-25(35)37-2)26-23-13-10-21(30)17-24(23)33-29(26)36/h3-4,6-13,15-17,33,36H,5,14H2,1-2H3. The van der Waals surface area contributed by atoms with Gasteiger partial charge in [-0.25, -0.2) is 14.4 Å². The minimum absolute atomic E-state index is 0.0984. The lowest BCUT2D eigenvalue weighted by molar-refractivity contribution is -0.140. The van der Waals surface area contributed by atoms with Crippen molar-refractivity contribution in [3.63, 3.8) is 0 Å². The van der Waals surface area contributed by atoms with Crippen molar-refractivity contribution in [3.05, 3.63) is 102 Å². The number of carbonyl (C=O) groups excluding carboxylic acids is 1. The Balaban J connectivity index is 1.57. The fourth-order valence-corrected chi connectivity index (χ4v) is 4.30. The first-order chi connectivity index (χ1) is 17.9. The highest BCUT2D eigenvalue weighted by atomic mass is 19.1. The zero-order valence-corrected chi connectivity index (χ0v) is 20.4. The first kappa shape index (κ1) is 24.0. The van der Waals surface area contributed by atoms with Gasteiger partial charge in [-0.2, -0.15) is 0 Å². The van der Waals surface area contributed by atoms with Crippen molar-refractivity contribution in [2.75, 3.05) is 7.11 Å². The summed E-state index contributed by atoms with van der Waals surface area (Å²) in [6.07, 6.45) is 4.47.